The molecule has 2 rings (SSSR count). The summed E-state index contributed by atoms with van der Waals surface area (Å²) in [6.45, 7) is 3.84. The fourth-order valence-electron chi connectivity index (χ4n) is 2.62. The number of carbonyl (C=O) groups is 1. The van der Waals surface area contributed by atoms with E-state index in [1.165, 1.54) is 39.0 Å². The monoisotopic (exact) mass is 448 g/mol. The molecule has 1 aromatic rings. The number of carbonyl (C=O) groups excluding carboxylic acids is 1. The highest BCUT2D eigenvalue weighted by Crippen LogP contribution is 2.51. The summed E-state index contributed by atoms with van der Waals surface area (Å²) in [5.74, 6) is -13.5. The molecule has 0 aliphatic carbocycles. The molecular formula is C17H16ClF7N2O2. The van der Waals surface area contributed by atoms with Gasteiger partial charge in [0.2, 0.25) is 0 Å². The maximum atomic E-state index is 14.2. The zero-order valence-corrected chi connectivity index (χ0v) is 16.0. The zero-order valence-electron chi connectivity index (χ0n) is 15.3. The van der Waals surface area contributed by atoms with E-state index in [1.54, 1.807) is 0 Å². The van der Waals surface area contributed by atoms with Gasteiger partial charge < -0.3 is 5.11 Å². The van der Waals surface area contributed by atoms with Gasteiger partial charge in [-0.05, 0) is 18.2 Å². The largest absolute Gasteiger partial charge is 0.460 e. The summed E-state index contributed by atoms with van der Waals surface area (Å²) in [6, 6.07) is 4.99. The summed E-state index contributed by atoms with van der Waals surface area (Å²) >= 11 is 5.75. The average molecular weight is 449 g/mol. The number of hydrogen-bond donors (Lipinski definition) is 1. The highest BCUT2D eigenvalue weighted by Gasteiger charge is 2.76. The molecule has 0 radical (unpaired) electrons. The highest BCUT2D eigenvalue weighted by molar-refractivity contribution is 6.31. The summed E-state index contributed by atoms with van der Waals surface area (Å²) in [5.41, 5.74) is -6.26. The lowest BCUT2D eigenvalue weighted by molar-refractivity contribution is -0.336. The molecule has 1 aliphatic heterocycles. The van der Waals surface area contributed by atoms with Crippen LogP contribution in [0.4, 0.5) is 30.7 Å². The molecule has 0 saturated carbocycles. The van der Waals surface area contributed by atoms with Crippen molar-refractivity contribution in [2.24, 2.45) is 10.5 Å². The Hall–Kier alpha value is -1.88. The Morgan fingerprint density at radius 2 is 1.69 bits per heavy atom. The fourth-order valence-corrected chi connectivity index (χ4v) is 2.81. The molecule has 0 saturated heterocycles. The third-order valence-corrected chi connectivity index (χ3v) is 4.80. The van der Waals surface area contributed by atoms with Gasteiger partial charge >= 0.3 is 18.0 Å². The molecule has 1 aromatic carbocycles. The van der Waals surface area contributed by atoms with Gasteiger partial charge in [0, 0.05) is 22.4 Å². The van der Waals surface area contributed by atoms with Crippen molar-refractivity contribution >= 4 is 23.2 Å². The number of aliphatic hydroxyl groups is 1. The Morgan fingerprint density at radius 1 is 1.14 bits per heavy atom. The lowest BCUT2D eigenvalue weighted by atomic mass is 9.79. The molecular weight excluding hydrogens is 433 g/mol. The molecule has 1 atom stereocenters. The minimum Gasteiger partial charge on any atom is -0.368 e. The molecule has 1 amide bonds. The van der Waals surface area contributed by atoms with Gasteiger partial charge in [0.15, 0.2) is 5.72 Å². The summed E-state index contributed by atoms with van der Waals surface area (Å²) < 4.78 is 92.8. The van der Waals surface area contributed by atoms with Crippen LogP contribution < -0.4 is 0 Å². The lowest BCUT2D eigenvalue weighted by Crippen LogP contribution is -2.58. The molecule has 0 unspecified atom stereocenters. The first-order valence-electron chi connectivity index (χ1n) is 8.09. The van der Waals surface area contributed by atoms with Crippen LogP contribution in [0.3, 0.4) is 0 Å². The van der Waals surface area contributed by atoms with Gasteiger partial charge in [0.1, 0.15) is 5.71 Å². The molecule has 4 nitrogen and oxygen atoms in total. The van der Waals surface area contributed by atoms with Crippen molar-refractivity contribution in [2.75, 3.05) is 0 Å². The first-order valence-corrected chi connectivity index (χ1v) is 8.47. The van der Waals surface area contributed by atoms with Crippen LogP contribution in [0.5, 0.6) is 0 Å². The number of alkyl halides is 7. The molecule has 0 spiro atoms. The predicted molar refractivity (Wildman–Crippen MR) is 90.0 cm³/mol. The Kier molecular flexibility index (Phi) is 5.51. The molecule has 0 bridgehead atoms. The van der Waals surface area contributed by atoms with Crippen molar-refractivity contribution in [3.8, 4) is 0 Å². The van der Waals surface area contributed by atoms with Crippen LogP contribution in [0.2, 0.25) is 5.02 Å². The highest BCUT2D eigenvalue weighted by atomic mass is 35.5. The molecule has 1 N–H and O–H groups in total. The third kappa shape index (κ3) is 3.70. The van der Waals surface area contributed by atoms with E-state index < -0.39 is 47.2 Å². The number of amides is 1. The second-order valence-corrected chi connectivity index (χ2v) is 8.00. The van der Waals surface area contributed by atoms with Crippen LogP contribution in [0, 0.1) is 5.41 Å². The van der Waals surface area contributed by atoms with Gasteiger partial charge in [0.05, 0.1) is 0 Å². The first kappa shape index (κ1) is 23.4. The van der Waals surface area contributed by atoms with E-state index in [1.807, 2.05) is 0 Å². The smallest absolute Gasteiger partial charge is 0.368 e. The number of rotatable bonds is 3. The number of hydrazone groups is 1. The molecule has 12 heteroatoms. The summed E-state index contributed by atoms with van der Waals surface area (Å²) in [6.07, 6.45) is -8.00. The van der Waals surface area contributed by atoms with Crippen molar-refractivity contribution in [1.82, 2.24) is 5.01 Å². The molecule has 0 fully saturated rings. The first-order chi connectivity index (χ1) is 12.9. The van der Waals surface area contributed by atoms with Crippen LogP contribution in [-0.2, 0) is 0 Å². The Morgan fingerprint density at radius 3 is 2.14 bits per heavy atom. The Balaban J connectivity index is 2.61. The van der Waals surface area contributed by atoms with Gasteiger partial charge in [0.25, 0.3) is 5.91 Å². The number of hydrogen-bond acceptors (Lipinski definition) is 3. The fraction of sp³-hybridized carbons (Fsp3) is 0.529. The maximum Gasteiger partial charge on any atom is 0.460 e. The summed E-state index contributed by atoms with van der Waals surface area (Å²) in [7, 11) is 0. The van der Waals surface area contributed by atoms with Gasteiger partial charge in [-0.25, -0.2) is 0 Å². The molecule has 29 heavy (non-hydrogen) atoms. The standard InChI is InChI=1S/C17H16ClF7N2O2/c1-13(2,3)14(29)8-11(15(19,20)16(21,22)17(23,24)25)26-27(14)12(28)9-5-4-6-10(18)7-9/h4-7,29H,8H2,1-3H3/t14-/m1/s1. The van der Waals surface area contributed by atoms with E-state index in [4.69, 9.17) is 11.6 Å². The number of halogens is 8. The summed E-state index contributed by atoms with van der Waals surface area (Å²) in [4.78, 5) is 12.7. The Bertz CT molecular complexity index is 849. The van der Waals surface area contributed by atoms with Crippen LogP contribution in [0.1, 0.15) is 37.6 Å². The van der Waals surface area contributed by atoms with E-state index in [0.29, 0.717) is 0 Å². The van der Waals surface area contributed by atoms with E-state index in [9.17, 15) is 40.6 Å². The topological polar surface area (TPSA) is 52.9 Å². The predicted octanol–water partition coefficient (Wildman–Crippen LogP) is 5.11. The second kappa shape index (κ2) is 6.83. The Labute approximate surface area is 165 Å². The number of benzene rings is 1. The van der Waals surface area contributed by atoms with Crippen LogP contribution >= 0.6 is 11.6 Å². The second-order valence-electron chi connectivity index (χ2n) is 7.56. The van der Waals surface area contributed by atoms with E-state index in [-0.39, 0.29) is 15.6 Å². The average Bonchev–Trinajstić information content (AvgIpc) is 2.92. The van der Waals surface area contributed by atoms with Crippen molar-refractivity contribution in [3.05, 3.63) is 34.9 Å². The third-order valence-electron chi connectivity index (χ3n) is 4.56. The van der Waals surface area contributed by atoms with Gasteiger partial charge in [-0.1, -0.05) is 38.4 Å². The van der Waals surface area contributed by atoms with Gasteiger partial charge in [-0.3, -0.25) is 4.79 Å². The normalized spacial score (nSPS) is 21.4. The molecule has 1 aliphatic rings. The van der Waals surface area contributed by atoms with Crippen molar-refractivity contribution in [3.63, 3.8) is 0 Å². The van der Waals surface area contributed by atoms with Crippen molar-refractivity contribution in [2.45, 2.75) is 50.9 Å². The van der Waals surface area contributed by atoms with Crippen LogP contribution in [0.15, 0.2) is 29.4 Å². The van der Waals surface area contributed by atoms with Crippen molar-refractivity contribution in [1.29, 1.82) is 0 Å². The van der Waals surface area contributed by atoms with Crippen LogP contribution in [0.25, 0.3) is 0 Å². The number of nitrogens with zero attached hydrogens (tertiary/aromatic N) is 2. The lowest BCUT2D eigenvalue weighted by Gasteiger charge is -2.41. The van der Waals surface area contributed by atoms with Gasteiger partial charge in [-0.2, -0.15) is 40.8 Å². The molecule has 162 valence electrons. The molecule has 0 aromatic heterocycles. The van der Waals surface area contributed by atoms with Crippen LogP contribution in [-0.4, -0.2) is 45.5 Å². The van der Waals surface area contributed by atoms with E-state index in [0.717, 1.165) is 6.07 Å². The van der Waals surface area contributed by atoms with Gasteiger partial charge in [-0.15, -0.1) is 0 Å². The quantitative estimate of drug-likeness (QED) is 0.653. The van der Waals surface area contributed by atoms with E-state index in [2.05, 4.69) is 5.10 Å². The minimum atomic E-state index is -6.58. The molecule has 1 heterocycles. The minimum absolute atomic E-state index is 0.0625. The van der Waals surface area contributed by atoms with Crippen molar-refractivity contribution < 1.29 is 40.6 Å². The summed E-state index contributed by atoms with van der Waals surface area (Å²) in [5, 5.41) is 14.1. The van der Waals surface area contributed by atoms with E-state index >= 15 is 0 Å². The SMILES string of the molecule is CC(C)(C)[C@]1(O)CC(C(F)(F)C(F)(F)C(F)(F)F)=NN1C(=O)c1cccc(Cl)c1. The zero-order chi connectivity index (χ0) is 22.6. The maximum absolute atomic E-state index is 14.2.